The van der Waals surface area contributed by atoms with E-state index < -0.39 is 51.9 Å². The molecule has 29 heavy (non-hydrogen) atoms. The Balaban J connectivity index is 2.95. The largest absolute Gasteiger partial charge is 0.411 e. The van der Waals surface area contributed by atoms with E-state index >= 15 is 0 Å². The quantitative estimate of drug-likeness (QED) is 0.381. The Kier molecular flexibility index (Phi) is 5.73. The van der Waals surface area contributed by atoms with Gasteiger partial charge >= 0.3 is 12.4 Å². The number of carbonyl (C=O) groups excluding carboxylic acids is 2. The molecule has 0 aromatic heterocycles. The van der Waals surface area contributed by atoms with Crippen LogP contribution in [0.3, 0.4) is 0 Å². The summed E-state index contributed by atoms with van der Waals surface area (Å²) >= 11 is 0. The van der Waals surface area contributed by atoms with Gasteiger partial charge in [-0.3, -0.25) is 0 Å². The van der Waals surface area contributed by atoms with E-state index in [0.717, 1.165) is 12.2 Å². The maximum atomic E-state index is 14.0. The first-order valence-corrected chi connectivity index (χ1v) is 7.29. The molecule has 2 rings (SSSR count). The van der Waals surface area contributed by atoms with Crippen LogP contribution in [0.4, 0.5) is 46.5 Å². The third-order valence-electron chi connectivity index (χ3n) is 3.94. The van der Waals surface area contributed by atoms with Crippen molar-refractivity contribution in [3.63, 3.8) is 0 Å². The van der Waals surface area contributed by atoms with Crippen molar-refractivity contribution >= 4 is 23.5 Å². The molecule has 0 radical (unpaired) electrons. The highest BCUT2D eigenvalue weighted by molar-refractivity contribution is 5.56. The Hall–Kier alpha value is -3.36. The van der Waals surface area contributed by atoms with E-state index in [1.54, 1.807) is 0 Å². The summed E-state index contributed by atoms with van der Waals surface area (Å²) in [6.45, 7) is 0. The smallest absolute Gasteiger partial charge is 0.211 e. The van der Waals surface area contributed by atoms with Crippen molar-refractivity contribution in [3.8, 4) is 0 Å². The molecule has 12 heteroatoms. The summed E-state index contributed by atoms with van der Waals surface area (Å²) in [4.78, 5) is 26.0. The number of aliphatic imine (C=N–C) groups is 2. The van der Waals surface area contributed by atoms with Crippen LogP contribution in [0.1, 0.15) is 11.1 Å². The Labute approximate surface area is 156 Å². The van der Waals surface area contributed by atoms with Gasteiger partial charge in [0.2, 0.25) is 17.6 Å². The zero-order valence-corrected chi connectivity index (χ0v) is 13.7. The molecule has 0 aliphatic heterocycles. The zero-order chi connectivity index (χ0) is 22.0. The van der Waals surface area contributed by atoms with Gasteiger partial charge in [-0.05, 0) is 35.4 Å². The monoisotopic (exact) mass is 422 g/mol. The molecule has 152 valence electrons. The lowest BCUT2D eigenvalue weighted by Gasteiger charge is -2.38. The second-order valence-corrected chi connectivity index (χ2v) is 5.48. The predicted octanol–water partition coefficient (Wildman–Crippen LogP) is 5.31. The lowest BCUT2D eigenvalue weighted by Crippen LogP contribution is -2.54. The van der Waals surface area contributed by atoms with E-state index in [9.17, 15) is 44.7 Å². The topological polar surface area (TPSA) is 58.9 Å². The lowest BCUT2D eigenvalue weighted by atomic mass is 9.72. The van der Waals surface area contributed by atoms with Crippen molar-refractivity contribution in [1.29, 1.82) is 0 Å². The lowest BCUT2D eigenvalue weighted by molar-refractivity contribution is -0.288. The van der Waals surface area contributed by atoms with Crippen LogP contribution < -0.4 is 0 Å². The number of benzene rings is 2. The molecule has 0 bridgehead atoms. The number of alkyl halides is 6. The Bertz CT molecular complexity index is 949. The summed E-state index contributed by atoms with van der Waals surface area (Å²) in [6, 6.07) is 1.15. The van der Waals surface area contributed by atoms with Gasteiger partial charge in [-0.1, -0.05) is 12.1 Å². The third kappa shape index (κ3) is 3.67. The minimum absolute atomic E-state index is 0.105. The van der Waals surface area contributed by atoms with Crippen LogP contribution >= 0.6 is 0 Å². The number of nitrogens with zero attached hydrogens (tertiary/aromatic N) is 2. The van der Waals surface area contributed by atoms with Crippen molar-refractivity contribution in [2.75, 3.05) is 0 Å². The highest BCUT2D eigenvalue weighted by atomic mass is 19.4. The summed E-state index contributed by atoms with van der Waals surface area (Å²) in [6.07, 6.45) is -10.4. The summed E-state index contributed by atoms with van der Waals surface area (Å²) in [5.41, 5.74) is -9.79. The van der Waals surface area contributed by atoms with Crippen LogP contribution in [0.5, 0.6) is 0 Å². The van der Waals surface area contributed by atoms with Gasteiger partial charge in [0, 0.05) is 0 Å². The second kappa shape index (κ2) is 7.57. The predicted molar refractivity (Wildman–Crippen MR) is 81.3 cm³/mol. The molecule has 0 saturated heterocycles. The molecule has 0 atom stereocenters. The van der Waals surface area contributed by atoms with Crippen LogP contribution in [-0.4, -0.2) is 24.5 Å². The fraction of sp³-hybridized carbons (Fsp3) is 0.176. The van der Waals surface area contributed by atoms with Gasteiger partial charge in [-0.15, -0.1) is 0 Å². The molecule has 0 unspecified atom stereocenters. The number of hydrogen-bond donors (Lipinski definition) is 0. The van der Waals surface area contributed by atoms with Crippen LogP contribution in [-0.2, 0) is 15.0 Å². The van der Waals surface area contributed by atoms with E-state index in [1.807, 2.05) is 0 Å². The van der Waals surface area contributed by atoms with E-state index in [2.05, 4.69) is 9.98 Å². The molecule has 2 aromatic carbocycles. The first-order chi connectivity index (χ1) is 13.4. The molecule has 0 saturated carbocycles. The third-order valence-corrected chi connectivity index (χ3v) is 3.94. The van der Waals surface area contributed by atoms with E-state index in [-0.39, 0.29) is 24.3 Å². The standard InChI is InChI=1S/C17H6F8N2O2/c18-11-5-9(1-3-13(11)26-7-28)15(16(20,21)22,17(23,24)25)10-2-4-14(27-8-29)12(19)6-10/h1-6H. The molecule has 0 fully saturated rings. The molecular weight excluding hydrogens is 416 g/mol. The Morgan fingerprint density at radius 2 is 1.00 bits per heavy atom. The first kappa shape index (κ1) is 21.9. The van der Waals surface area contributed by atoms with Gasteiger partial charge in [-0.2, -0.15) is 36.3 Å². The summed E-state index contributed by atoms with van der Waals surface area (Å²) in [5.74, 6) is -3.32. The minimum Gasteiger partial charge on any atom is -0.211 e. The van der Waals surface area contributed by atoms with Crippen molar-refractivity contribution in [2.45, 2.75) is 17.8 Å². The van der Waals surface area contributed by atoms with Crippen molar-refractivity contribution in [2.24, 2.45) is 9.98 Å². The fourth-order valence-corrected chi connectivity index (χ4v) is 2.74. The molecule has 0 aliphatic carbocycles. The molecule has 0 aliphatic rings. The molecule has 2 aromatic rings. The summed E-state index contributed by atoms with van der Waals surface area (Å²) < 4.78 is 111. The van der Waals surface area contributed by atoms with Gasteiger partial charge < -0.3 is 0 Å². The van der Waals surface area contributed by atoms with E-state index in [1.165, 1.54) is 0 Å². The van der Waals surface area contributed by atoms with Gasteiger partial charge in [0.05, 0.1) is 0 Å². The molecule has 4 nitrogen and oxygen atoms in total. The highest BCUT2D eigenvalue weighted by Gasteiger charge is 2.72. The number of halogens is 8. The van der Waals surface area contributed by atoms with Crippen molar-refractivity contribution in [1.82, 2.24) is 0 Å². The van der Waals surface area contributed by atoms with Crippen LogP contribution in [0.2, 0.25) is 0 Å². The summed E-state index contributed by atoms with van der Waals surface area (Å²) in [5, 5.41) is 0. The van der Waals surface area contributed by atoms with Gasteiger partial charge in [0.25, 0.3) is 0 Å². The number of isocyanates is 2. The molecular formula is C17H6F8N2O2. The molecule has 0 amide bonds. The fourth-order valence-electron chi connectivity index (χ4n) is 2.74. The Morgan fingerprint density at radius 3 is 1.24 bits per heavy atom. The summed E-state index contributed by atoms with van der Waals surface area (Å²) in [7, 11) is 0. The number of rotatable bonds is 4. The van der Waals surface area contributed by atoms with Gasteiger partial charge in [0.15, 0.2) is 0 Å². The SMILES string of the molecule is O=C=Nc1ccc(C(c2ccc(N=C=O)c(F)c2)(C(F)(F)F)C(F)(F)F)cc1F. The van der Waals surface area contributed by atoms with E-state index in [4.69, 9.17) is 0 Å². The highest BCUT2D eigenvalue weighted by Crippen LogP contribution is 2.56. The minimum atomic E-state index is -6.10. The van der Waals surface area contributed by atoms with Crippen molar-refractivity contribution in [3.05, 3.63) is 59.2 Å². The average Bonchev–Trinajstić information content (AvgIpc) is 2.58. The normalized spacial score (nSPS) is 12.1. The molecule has 0 spiro atoms. The average molecular weight is 422 g/mol. The first-order valence-electron chi connectivity index (χ1n) is 7.29. The molecule has 0 N–H and O–H groups in total. The molecule has 0 heterocycles. The maximum Gasteiger partial charge on any atom is 0.411 e. The van der Waals surface area contributed by atoms with Crippen LogP contribution in [0, 0.1) is 11.6 Å². The van der Waals surface area contributed by atoms with Gasteiger partial charge in [0.1, 0.15) is 23.0 Å². The van der Waals surface area contributed by atoms with Crippen molar-refractivity contribution < 1.29 is 44.7 Å². The van der Waals surface area contributed by atoms with Crippen LogP contribution in [0.25, 0.3) is 0 Å². The van der Waals surface area contributed by atoms with Crippen LogP contribution in [0.15, 0.2) is 46.4 Å². The second-order valence-electron chi connectivity index (χ2n) is 5.48. The maximum absolute atomic E-state index is 14.0. The number of hydrogen-bond acceptors (Lipinski definition) is 4. The Morgan fingerprint density at radius 1 is 0.655 bits per heavy atom. The van der Waals surface area contributed by atoms with E-state index in [0.29, 0.717) is 12.1 Å². The van der Waals surface area contributed by atoms with Gasteiger partial charge in [-0.25, -0.2) is 18.4 Å². The zero-order valence-electron chi connectivity index (χ0n) is 13.7.